The number of rotatable bonds is 8. The zero-order chi connectivity index (χ0) is 22.4. The molecule has 2 rings (SSSR count). The lowest BCUT2D eigenvalue weighted by Crippen LogP contribution is -2.50. The average molecular weight is 449 g/mol. The van der Waals surface area contributed by atoms with E-state index >= 15 is 0 Å². The standard InChI is InChI=1S/C24H30Cl2N2O2/c1-6-22(24(30)27-15(2)3)28(14-19-7-8-20(25)13-21(19)26)23(29)12-18-10-16(4)9-17(5)11-18/h7-11,13,15,22H,6,12,14H2,1-5H3,(H,27,30)/t22-/m0/s1. The molecule has 2 aromatic rings. The highest BCUT2D eigenvalue weighted by molar-refractivity contribution is 6.35. The first-order valence-electron chi connectivity index (χ1n) is 10.2. The van der Waals surface area contributed by atoms with E-state index in [-0.39, 0.29) is 30.8 Å². The molecule has 0 radical (unpaired) electrons. The first-order valence-corrected chi connectivity index (χ1v) is 11.0. The Morgan fingerprint density at radius 1 is 1.03 bits per heavy atom. The minimum absolute atomic E-state index is 0.0120. The molecule has 0 aliphatic heterocycles. The van der Waals surface area contributed by atoms with Crippen molar-refractivity contribution >= 4 is 35.0 Å². The highest BCUT2D eigenvalue weighted by Gasteiger charge is 2.29. The molecule has 0 unspecified atom stereocenters. The van der Waals surface area contributed by atoms with Gasteiger partial charge in [0.15, 0.2) is 0 Å². The van der Waals surface area contributed by atoms with Gasteiger partial charge in [0.25, 0.3) is 0 Å². The van der Waals surface area contributed by atoms with E-state index in [9.17, 15) is 9.59 Å². The molecule has 0 saturated heterocycles. The van der Waals surface area contributed by atoms with Crippen LogP contribution in [0.5, 0.6) is 0 Å². The number of amides is 2. The number of benzene rings is 2. The zero-order valence-electron chi connectivity index (χ0n) is 18.3. The first-order chi connectivity index (χ1) is 14.1. The maximum Gasteiger partial charge on any atom is 0.243 e. The SMILES string of the molecule is CC[C@@H](C(=O)NC(C)C)N(Cc1ccc(Cl)cc1Cl)C(=O)Cc1cc(C)cc(C)c1. The molecule has 0 spiro atoms. The number of nitrogens with zero attached hydrogens (tertiary/aromatic N) is 1. The summed E-state index contributed by atoms with van der Waals surface area (Å²) in [5.74, 6) is -0.275. The smallest absolute Gasteiger partial charge is 0.243 e. The van der Waals surface area contributed by atoms with Crippen LogP contribution in [0.4, 0.5) is 0 Å². The summed E-state index contributed by atoms with van der Waals surface area (Å²) in [7, 11) is 0. The maximum absolute atomic E-state index is 13.4. The van der Waals surface area contributed by atoms with E-state index in [4.69, 9.17) is 23.2 Å². The van der Waals surface area contributed by atoms with Crippen LogP contribution >= 0.6 is 23.2 Å². The molecule has 0 aliphatic carbocycles. The van der Waals surface area contributed by atoms with Gasteiger partial charge in [0.1, 0.15) is 6.04 Å². The molecule has 1 atom stereocenters. The number of carbonyl (C=O) groups is 2. The minimum Gasteiger partial charge on any atom is -0.352 e. The van der Waals surface area contributed by atoms with E-state index in [1.54, 1.807) is 23.1 Å². The number of carbonyl (C=O) groups excluding carboxylic acids is 2. The summed E-state index contributed by atoms with van der Waals surface area (Å²) in [5.41, 5.74) is 3.90. The lowest BCUT2D eigenvalue weighted by molar-refractivity contribution is -0.141. The van der Waals surface area contributed by atoms with E-state index in [0.29, 0.717) is 16.5 Å². The molecular weight excluding hydrogens is 419 g/mol. The van der Waals surface area contributed by atoms with Crippen molar-refractivity contribution < 1.29 is 9.59 Å². The Balaban J connectivity index is 2.37. The highest BCUT2D eigenvalue weighted by Crippen LogP contribution is 2.24. The van der Waals surface area contributed by atoms with Gasteiger partial charge in [0, 0.05) is 22.6 Å². The molecule has 0 aromatic heterocycles. The van der Waals surface area contributed by atoms with Gasteiger partial charge in [0.05, 0.1) is 6.42 Å². The van der Waals surface area contributed by atoms with Crippen LogP contribution in [-0.2, 0) is 22.6 Å². The molecule has 6 heteroatoms. The predicted molar refractivity (Wildman–Crippen MR) is 124 cm³/mol. The van der Waals surface area contributed by atoms with Crippen LogP contribution in [-0.4, -0.2) is 28.8 Å². The second-order valence-corrected chi connectivity index (χ2v) is 8.86. The van der Waals surface area contributed by atoms with E-state index in [2.05, 4.69) is 11.4 Å². The summed E-state index contributed by atoms with van der Waals surface area (Å²) < 4.78 is 0. The highest BCUT2D eigenvalue weighted by atomic mass is 35.5. The van der Waals surface area contributed by atoms with Crippen molar-refractivity contribution in [3.8, 4) is 0 Å². The van der Waals surface area contributed by atoms with Gasteiger partial charge in [-0.1, -0.05) is 65.5 Å². The van der Waals surface area contributed by atoms with Crippen molar-refractivity contribution in [2.24, 2.45) is 0 Å². The number of hydrogen-bond donors (Lipinski definition) is 1. The van der Waals surface area contributed by atoms with Gasteiger partial charge >= 0.3 is 0 Å². The van der Waals surface area contributed by atoms with Crippen molar-refractivity contribution in [2.45, 2.75) is 66.1 Å². The summed E-state index contributed by atoms with van der Waals surface area (Å²) in [4.78, 5) is 27.9. The number of hydrogen-bond acceptors (Lipinski definition) is 2. The molecule has 0 bridgehead atoms. The van der Waals surface area contributed by atoms with Gasteiger partial charge in [-0.05, 0) is 57.4 Å². The van der Waals surface area contributed by atoms with Crippen LogP contribution < -0.4 is 5.32 Å². The van der Waals surface area contributed by atoms with Crippen molar-refractivity contribution in [2.75, 3.05) is 0 Å². The van der Waals surface area contributed by atoms with Crippen LogP contribution in [0.25, 0.3) is 0 Å². The van der Waals surface area contributed by atoms with Crippen molar-refractivity contribution in [3.63, 3.8) is 0 Å². The molecular formula is C24H30Cl2N2O2. The Kier molecular flexibility index (Phi) is 8.75. The average Bonchev–Trinajstić information content (AvgIpc) is 2.61. The van der Waals surface area contributed by atoms with E-state index in [0.717, 1.165) is 22.3 Å². The molecule has 1 N–H and O–H groups in total. The Hall–Kier alpha value is -2.04. The fourth-order valence-electron chi connectivity index (χ4n) is 3.58. The minimum atomic E-state index is -0.586. The Morgan fingerprint density at radius 3 is 2.20 bits per heavy atom. The predicted octanol–water partition coefficient (Wildman–Crippen LogP) is 5.48. The van der Waals surface area contributed by atoms with Crippen LogP contribution in [0.2, 0.25) is 10.0 Å². The fraction of sp³-hybridized carbons (Fsp3) is 0.417. The van der Waals surface area contributed by atoms with E-state index in [1.165, 1.54) is 0 Å². The molecule has 0 saturated carbocycles. The third-order valence-electron chi connectivity index (χ3n) is 4.81. The number of halogens is 2. The molecule has 4 nitrogen and oxygen atoms in total. The third kappa shape index (κ3) is 6.75. The second-order valence-electron chi connectivity index (χ2n) is 8.02. The summed E-state index contributed by atoms with van der Waals surface area (Å²) in [6.07, 6.45) is 0.724. The number of aryl methyl sites for hydroxylation is 2. The molecule has 0 aliphatic rings. The molecule has 162 valence electrons. The van der Waals surface area contributed by atoms with Gasteiger partial charge in [0.2, 0.25) is 11.8 Å². The van der Waals surface area contributed by atoms with Crippen LogP contribution in [0.15, 0.2) is 36.4 Å². The molecule has 0 fully saturated rings. The fourth-order valence-corrected chi connectivity index (χ4v) is 4.05. The molecule has 2 aromatic carbocycles. The lowest BCUT2D eigenvalue weighted by Gasteiger charge is -2.31. The van der Waals surface area contributed by atoms with Crippen LogP contribution in [0.1, 0.15) is 49.4 Å². The van der Waals surface area contributed by atoms with Gasteiger partial charge in [-0.3, -0.25) is 9.59 Å². The summed E-state index contributed by atoms with van der Waals surface area (Å²) in [5, 5.41) is 3.94. The third-order valence-corrected chi connectivity index (χ3v) is 5.40. The number of nitrogens with one attached hydrogen (secondary N) is 1. The summed E-state index contributed by atoms with van der Waals surface area (Å²) >= 11 is 12.4. The van der Waals surface area contributed by atoms with Crippen molar-refractivity contribution in [3.05, 3.63) is 68.7 Å². The van der Waals surface area contributed by atoms with Gasteiger partial charge < -0.3 is 10.2 Å². The monoisotopic (exact) mass is 448 g/mol. The Morgan fingerprint density at radius 2 is 1.67 bits per heavy atom. The van der Waals surface area contributed by atoms with E-state index < -0.39 is 6.04 Å². The summed E-state index contributed by atoms with van der Waals surface area (Å²) in [6.45, 7) is 9.98. The lowest BCUT2D eigenvalue weighted by atomic mass is 10.0. The molecule has 0 heterocycles. The van der Waals surface area contributed by atoms with Crippen LogP contribution in [0.3, 0.4) is 0 Å². The van der Waals surface area contributed by atoms with Crippen molar-refractivity contribution in [1.29, 1.82) is 0 Å². The van der Waals surface area contributed by atoms with E-state index in [1.807, 2.05) is 46.8 Å². The Labute approximate surface area is 189 Å². The zero-order valence-corrected chi connectivity index (χ0v) is 19.8. The quantitative estimate of drug-likeness (QED) is 0.580. The summed E-state index contributed by atoms with van der Waals surface area (Å²) in [6, 6.07) is 10.7. The van der Waals surface area contributed by atoms with Gasteiger partial charge in [-0.15, -0.1) is 0 Å². The Bertz CT molecular complexity index is 892. The van der Waals surface area contributed by atoms with Gasteiger partial charge in [-0.2, -0.15) is 0 Å². The molecule has 30 heavy (non-hydrogen) atoms. The molecule has 2 amide bonds. The van der Waals surface area contributed by atoms with Gasteiger partial charge in [-0.25, -0.2) is 0 Å². The first kappa shape index (κ1) is 24.2. The normalized spacial score (nSPS) is 12.0. The van der Waals surface area contributed by atoms with Crippen molar-refractivity contribution in [1.82, 2.24) is 10.2 Å². The second kappa shape index (κ2) is 10.8. The maximum atomic E-state index is 13.4. The topological polar surface area (TPSA) is 49.4 Å². The largest absolute Gasteiger partial charge is 0.352 e. The van der Waals surface area contributed by atoms with Crippen LogP contribution in [0, 0.1) is 13.8 Å².